The fraction of sp³-hybridized carbons (Fsp3) is 0.640. The van der Waals surface area contributed by atoms with Gasteiger partial charge in [-0.3, -0.25) is 14.4 Å². The maximum absolute atomic E-state index is 13.3. The van der Waals surface area contributed by atoms with Crippen LogP contribution in [0.1, 0.15) is 67.8 Å². The van der Waals surface area contributed by atoms with E-state index in [0.29, 0.717) is 49.4 Å². The standard InChI is InChI=1S/C25H38N4O6S/c1-2-3-15-36(34,35)28-22(25(32)33)6-4-5-19-7-8-21-20(16-19)24(31)29(17-23(30)27-21)14-11-18-9-12-26-13-10-18/h7-8,16,18,22,26,28H,2-6,9-15,17H2,1H3,(H,27,30)(H,32,33). The van der Waals surface area contributed by atoms with Crippen LogP contribution in [0.3, 0.4) is 0 Å². The Kier molecular flexibility index (Phi) is 10.3. The summed E-state index contributed by atoms with van der Waals surface area (Å²) in [6, 6.07) is 4.07. The monoisotopic (exact) mass is 522 g/mol. The number of nitrogens with zero attached hydrogens (tertiary/aromatic N) is 1. The molecule has 1 atom stereocenters. The number of sulfonamides is 1. The summed E-state index contributed by atoms with van der Waals surface area (Å²) >= 11 is 0. The molecule has 2 heterocycles. The Morgan fingerprint density at radius 1 is 1.22 bits per heavy atom. The molecule has 0 spiro atoms. The molecule has 1 fully saturated rings. The number of benzene rings is 1. The van der Waals surface area contributed by atoms with Crippen molar-refractivity contribution >= 4 is 33.5 Å². The van der Waals surface area contributed by atoms with Crippen molar-refractivity contribution in [2.45, 2.75) is 64.3 Å². The fourth-order valence-electron chi connectivity index (χ4n) is 4.68. The molecule has 10 nitrogen and oxygen atoms in total. The van der Waals surface area contributed by atoms with Gasteiger partial charge in [0.05, 0.1) is 17.0 Å². The number of hydrogen-bond acceptors (Lipinski definition) is 6. The van der Waals surface area contributed by atoms with Crippen molar-refractivity contribution in [3.8, 4) is 0 Å². The lowest BCUT2D eigenvalue weighted by atomic mass is 9.94. The van der Waals surface area contributed by atoms with Gasteiger partial charge in [-0.15, -0.1) is 0 Å². The zero-order valence-corrected chi connectivity index (χ0v) is 21.7. The second-order valence-corrected chi connectivity index (χ2v) is 11.6. The highest BCUT2D eigenvalue weighted by molar-refractivity contribution is 7.89. The number of aryl methyl sites for hydroxylation is 1. The smallest absolute Gasteiger partial charge is 0.321 e. The average molecular weight is 523 g/mol. The number of nitrogens with one attached hydrogen (secondary N) is 3. The highest BCUT2D eigenvalue weighted by Crippen LogP contribution is 2.25. The van der Waals surface area contributed by atoms with Crippen molar-refractivity contribution < 1.29 is 27.9 Å². The van der Waals surface area contributed by atoms with Crippen LogP contribution in [0.4, 0.5) is 5.69 Å². The molecular weight excluding hydrogens is 484 g/mol. The number of piperidine rings is 1. The van der Waals surface area contributed by atoms with Crippen LogP contribution >= 0.6 is 0 Å². The largest absolute Gasteiger partial charge is 0.480 e. The number of carbonyl (C=O) groups is 3. The van der Waals surface area contributed by atoms with Gasteiger partial charge in [-0.2, -0.15) is 0 Å². The fourth-order valence-corrected chi connectivity index (χ4v) is 6.12. The van der Waals surface area contributed by atoms with Crippen molar-refractivity contribution in [2.24, 2.45) is 5.92 Å². The van der Waals surface area contributed by atoms with Crippen molar-refractivity contribution in [1.82, 2.24) is 14.9 Å². The van der Waals surface area contributed by atoms with Gasteiger partial charge in [0.2, 0.25) is 15.9 Å². The number of hydrogen-bond donors (Lipinski definition) is 4. The lowest BCUT2D eigenvalue weighted by Gasteiger charge is -2.26. The Hall–Kier alpha value is -2.50. The summed E-state index contributed by atoms with van der Waals surface area (Å²) in [7, 11) is -3.66. The molecule has 1 saturated heterocycles. The molecule has 36 heavy (non-hydrogen) atoms. The maximum Gasteiger partial charge on any atom is 0.321 e. The first-order valence-electron chi connectivity index (χ1n) is 12.8. The quantitative estimate of drug-likeness (QED) is 0.310. The minimum atomic E-state index is -3.66. The second kappa shape index (κ2) is 13.2. The molecule has 1 aromatic carbocycles. The third-order valence-corrected chi connectivity index (χ3v) is 8.29. The van der Waals surface area contributed by atoms with Gasteiger partial charge in [0.25, 0.3) is 5.91 Å². The van der Waals surface area contributed by atoms with Crippen LogP contribution in [0.25, 0.3) is 0 Å². The topological polar surface area (TPSA) is 145 Å². The number of carboxylic acid groups (broad SMARTS) is 1. The van der Waals surface area contributed by atoms with E-state index in [9.17, 15) is 27.9 Å². The molecule has 1 unspecified atom stereocenters. The maximum atomic E-state index is 13.3. The molecule has 2 amide bonds. The van der Waals surface area contributed by atoms with E-state index in [2.05, 4.69) is 15.4 Å². The molecule has 0 radical (unpaired) electrons. The van der Waals surface area contributed by atoms with Crippen molar-refractivity contribution in [2.75, 3.05) is 37.2 Å². The molecule has 2 aliphatic rings. The predicted molar refractivity (Wildman–Crippen MR) is 137 cm³/mol. The molecule has 0 bridgehead atoms. The summed E-state index contributed by atoms with van der Waals surface area (Å²) in [5.41, 5.74) is 1.73. The lowest BCUT2D eigenvalue weighted by Crippen LogP contribution is -2.41. The number of rotatable bonds is 13. The van der Waals surface area contributed by atoms with Gasteiger partial charge in [0.1, 0.15) is 12.6 Å². The van der Waals surface area contributed by atoms with Gasteiger partial charge in [0, 0.05) is 6.54 Å². The first-order chi connectivity index (χ1) is 17.2. The molecule has 2 aliphatic heterocycles. The van der Waals surface area contributed by atoms with E-state index < -0.39 is 22.0 Å². The summed E-state index contributed by atoms with van der Waals surface area (Å²) in [6.07, 6.45) is 5.20. The highest BCUT2D eigenvalue weighted by Gasteiger charge is 2.28. The Balaban J connectivity index is 1.62. The molecule has 200 valence electrons. The number of fused-ring (bicyclic) bond motifs is 1. The zero-order valence-electron chi connectivity index (χ0n) is 20.9. The third-order valence-electron chi connectivity index (χ3n) is 6.82. The van der Waals surface area contributed by atoms with E-state index in [1.807, 2.05) is 6.92 Å². The number of amides is 2. The first-order valence-corrected chi connectivity index (χ1v) is 14.5. The van der Waals surface area contributed by atoms with Crippen molar-refractivity contribution in [3.05, 3.63) is 29.3 Å². The van der Waals surface area contributed by atoms with Crippen LogP contribution in [-0.4, -0.2) is 74.2 Å². The number of carbonyl (C=O) groups excluding carboxylic acids is 2. The van der Waals surface area contributed by atoms with Gasteiger partial charge in [-0.25, -0.2) is 13.1 Å². The Labute approximate surface area is 213 Å². The number of unbranched alkanes of at least 4 members (excludes halogenated alkanes) is 1. The minimum Gasteiger partial charge on any atom is -0.480 e. The van der Waals surface area contributed by atoms with Crippen LogP contribution in [0, 0.1) is 5.92 Å². The van der Waals surface area contributed by atoms with Crippen LogP contribution in [-0.2, 0) is 26.0 Å². The summed E-state index contributed by atoms with van der Waals surface area (Å²) in [4.78, 5) is 38.9. The number of anilines is 1. The molecule has 0 aliphatic carbocycles. The molecule has 11 heteroatoms. The van der Waals surface area contributed by atoms with Crippen molar-refractivity contribution in [1.29, 1.82) is 0 Å². The normalized spacial score (nSPS) is 17.9. The van der Waals surface area contributed by atoms with E-state index in [1.165, 1.54) is 0 Å². The van der Waals surface area contributed by atoms with E-state index >= 15 is 0 Å². The SMILES string of the molecule is CCCCS(=O)(=O)NC(CCCc1ccc2c(c1)C(=O)N(CCC1CCNCC1)CC(=O)N2)C(=O)O. The molecule has 3 rings (SSSR count). The summed E-state index contributed by atoms with van der Waals surface area (Å²) in [5.74, 6) is -1.18. The third kappa shape index (κ3) is 8.28. The zero-order chi connectivity index (χ0) is 26.1. The summed E-state index contributed by atoms with van der Waals surface area (Å²) < 4.78 is 26.5. The van der Waals surface area contributed by atoms with Gasteiger partial charge in [0.15, 0.2) is 0 Å². The van der Waals surface area contributed by atoms with Crippen molar-refractivity contribution in [3.63, 3.8) is 0 Å². The second-order valence-electron chi connectivity index (χ2n) is 9.71. The van der Waals surface area contributed by atoms with E-state index in [-0.39, 0.29) is 30.5 Å². The predicted octanol–water partition coefficient (Wildman–Crippen LogP) is 1.97. The number of aliphatic carboxylic acids is 1. The highest BCUT2D eigenvalue weighted by atomic mass is 32.2. The summed E-state index contributed by atoms with van der Waals surface area (Å²) in [5, 5.41) is 15.6. The van der Waals surface area contributed by atoms with Gasteiger partial charge in [-0.1, -0.05) is 19.4 Å². The van der Waals surface area contributed by atoms with Gasteiger partial charge >= 0.3 is 5.97 Å². The Morgan fingerprint density at radius 2 is 1.97 bits per heavy atom. The van der Waals surface area contributed by atoms with Crippen LogP contribution in [0.5, 0.6) is 0 Å². The number of carboxylic acids is 1. The molecule has 0 aromatic heterocycles. The lowest BCUT2D eigenvalue weighted by molar-refractivity contribution is -0.139. The van der Waals surface area contributed by atoms with Gasteiger partial charge < -0.3 is 20.6 Å². The average Bonchev–Trinajstić information content (AvgIpc) is 2.96. The molecular formula is C25H38N4O6S. The van der Waals surface area contributed by atoms with Gasteiger partial charge in [-0.05, 0) is 81.6 Å². The Bertz CT molecular complexity index is 1040. The van der Waals surface area contributed by atoms with E-state index in [0.717, 1.165) is 37.9 Å². The van der Waals surface area contributed by atoms with E-state index in [4.69, 9.17) is 0 Å². The van der Waals surface area contributed by atoms with Crippen LogP contribution in [0.2, 0.25) is 0 Å². The molecule has 1 aromatic rings. The van der Waals surface area contributed by atoms with E-state index in [1.54, 1.807) is 23.1 Å². The summed E-state index contributed by atoms with van der Waals surface area (Å²) in [6.45, 7) is 4.38. The minimum absolute atomic E-state index is 0.0201. The molecule has 0 saturated carbocycles. The first kappa shape index (κ1) is 28.1. The van der Waals surface area contributed by atoms with Crippen LogP contribution in [0.15, 0.2) is 18.2 Å². The van der Waals surface area contributed by atoms with Crippen LogP contribution < -0.4 is 15.4 Å². The molecule has 4 N–H and O–H groups in total. The Morgan fingerprint density at radius 3 is 2.67 bits per heavy atom.